The van der Waals surface area contributed by atoms with Gasteiger partial charge in [-0.25, -0.2) is 0 Å². The van der Waals surface area contributed by atoms with Crippen LogP contribution in [0.2, 0.25) is 5.02 Å². The summed E-state index contributed by atoms with van der Waals surface area (Å²) in [4.78, 5) is 0. The van der Waals surface area contributed by atoms with Crippen molar-refractivity contribution in [3.8, 4) is 0 Å². The van der Waals surface area contributed by atoms with Crippen LogP contribution in [-0.2, 0) is 19.0 Å². The molecule has 3 rings (SSSR count). The van der Waals surface area contributed by atoms with E-state index in [1.165, 1.54) is 6.07 Å². The molecule has 24 heavy (non-hydrogen) atoms. The quantitative estimate of drug-likeness (QED) is 0.373. The van der Waals surface area contributed by atoms with Gasteiger partial charge in [-0.15, -0.1) is 0 Å². The average Bonchev–Trinajstić information content (AvgIpc) is 2.98. The monoisotopic (exact) mass is 353 g/mol. The topological polar surface area (TPSA) is 64.4 Å². The van der Waals surface area contributed by atoms with Crippen LogP contribution < -0.4 is 11.6 Å². The van der Waals surface area contributed by atoms with Crippen molar-refractivity contribution in [3.05, 3.63) is 69.2 Å². The zero-order chi connectivity index (χ0) is 17.5. The number of amidine groups is 1. The largest absolute Gasteiger partial charge is 0.416 e. The first-order valence-corrected chi connectivity index (χ1v) is 7.69. The number of nitrogens with two attached hydrogens (primary N) is 2. The lowest BCUT2D eigenvalue weighted by atomic mass is 9.94. The average molecular weight is 354 g/mol. The van der Waals surface area contributed by atoms with E-state index in [9.17, 15) is 13.2 Å². The fourth-order valence-electron chi connectivity index (χ4n) is 3.11. The van der Waals surface area contributed by atoms with E-state index in [1.54, 1.807) is 6.07 Å². The maximum atomic E-state index is 12.9. The van der Waals surface area contributed by atoms with Crippen molar-refractivity contribution in [1.29, 1.82) is 0 Å². The molecule has 2 aromatic carbocycles. The van der Waals surface area contributed by atoms with Gasteiger partial charge >= 0.3 is 6.18 Å². The van der Waals surface area contributed by atoms with Crippen molar-refractivity contribution in [2.24, 2.45) is 16.7 Å². The Kier molecular flexibility index (Phi) is 4.17. The lowest BCUT2D eigenvalue weighted by Gasteiger charge is -2.11. The molecule has 3 nitrogen and oxygen atoms in total. The fourth-order valence-corrected chi connectivity index (χ4v) is 3.43. The predicted octanol–water partition coefficient (Wildman–Crippen LogP) is 3.82. The number of hydrazone groups is 1. The lowest BCUT2D eigenvalue weighted by Crippen LogP contribution is -2.16. The van der Waals surface area contributed by atoms with Crippen LogP contribution in [0.5, 0.6) is 0 Å². The van der Waals surface area contributed by atoms with Gasteiger partial charge in [-0.2, -0.15) is 18.3 Å². The summed E-state index contributed by atoms with van der Waals surface area (Å²) in [6, 6.07) is 9.59. The highest BCUT2D eigenvalue weighted by atomic mass is 35.5. The molecule has 2 aromatic rings. The lowest BCUT2D eigenvalue weighted by molar-refractivity contribution is -0.137. The normalized spacial score (nSPS) is 17.8. The number of rotatable bonds is 2. The van der Waals surface area contributed by atoms with Crippen molar-refractivity contribution in [2.45, 2.75) is 24.9 Å². The maximum Gasteiger partial charge on any atom is 0.416 e. The third-order valence-electron chi connectivity index (χ3n) is 4.32. The van der Waals surface area contributed by atoms with Gasteiger partial charge < -0.3 is 11.6 Å². The second-order valence-electron chi connectivity index (χ2n) is 5.84. The molecule has 4 N–H and O–H groups in total. The molecule has 7 heteroatoms. The van der Waals surface area contributed by atoms with E-state index in [1.807, 2.05) is 18.2 Å². The van der Waals surface area contributed by atoms with Crippen molar-refractivity contribution >= 4 is 17.4 Å². The number of fused-ring (bicyclic) bond motifs is 1. The number of nitrogens with zero attached hydrogens (tertiary/aromatic N) is 1. The molecule has 1 aliphatic carbocycles. The van der Waals surface area contributed by atoms with E-state index in [-0.39, 0.29) is 16.8 Å². The van der Waals surface area contributed by atoms with Gasteiger partial charge in [-0.3, -0.25) is 0 Å². The number of hydrogen-bond donors (Lipinski definition) is 2. The van der Waals surface area contributed by atoms with Gasteiger partial charge in [0, 0.05) is 10.6 Å². The number of hydrogen-bond acceptors (Lipinski definition) is 2. The molecule has 0 fully saturated rings. The minimum absolute atomic E-state index is 0.0477. The van der Waals surface area contributed by atoms with Gasteiger partial charge in [0.15, 0.2) is 0 Å². The van der Waals surface area contributed by atoms with Gasteiger partial charge in [-0.1, -0.05) is 29.8 Å². The molecule has 0 aromatic heterocycles. The Hall–Kier alpha value is -2.21. The van der Waals surface area contributed by atoms with Crippen LogP contribution in [0, 0.1) is 0 Å². The van der Waals surface area contributed by atoms with Crippen molar-refractivity contribution in [2.75, 3.05) is 0 Å². The number of halogens is 4. The Morgan fingerprint density at radius 2 is 1.92 bits per heavy atom. The molecule has 1 unspecified atom stereocenters. The van der Waals surface area contributed by atoms with Gasteiger partial charge in [0.2, 0.25) is 0 Å². The molecular weight excluding hydrogens is 339 g/mol. The van der Waals surface area contributed by atoms with Gasteiger partial charge in [0.1, 0.15) is 5.84 Å². The minimum atomic E-state index is -4.40. The first-order valence-electron chi connectivity index (χ1n) is 7.31. The molecule has 0 amide bonds. The third kappa shape index (κ3) is 3.06. The number of alkyl halides is 3. The Morgan fingerprint density at radius 3 is 2.58 bits per heavy atom. The van der Waals surface area contributed by atoms with Crippen LogP contribution in [0.15, 0.2) is 41.5 Å². The summed E-state index contributed by atoms with van der Waals surface area (Å²) in [6.07, 6.45) is -3.31. The smallest absolute Gasteiger partial charge is 0.382 e. The summed E-state index contributed by atoms with van der Waals surface area (Å²) in [5, 5.41) is 3.64. The van der Waals surface area contributed by atoms with E-state index < -0.39 is 11.7 Å². The van der Waals surface area contributed by atoms with Crippen LogP contribution >= 0.6 is 11.6 Å². The van der Waals surface area contributed by atoms with Gasteiger partial charge in [0.25, 0.3) is 0 Å². The summed E-state index contributed by atoms with van der Waals surface area (Å²) in [6.45, 7) is 0. The first-order chi connectivity index (χ1) is 11.3. The summed E-state index contributed by atoms with van der Waals surface area (Å²) in [5.74, 6) is 5.45. The van der Waals surface area contributed by atoms with Gasteiger partial charge in [-0.05, 0) is 53.6 Å². The molecule has 1 aliphatic rings. The second-order valence-corrected chi connectivity index (χ2v) is 6.25. The first kappa shape index (κ1) is 16.6. The predicted molar refractivity (Wildman–Crippen MR) is 88.0 cm³/mol. The number of benzene rings is 2. The van der Waals surface area contributed by atoms with Gasteiger partial charge in [0.05, 0.1) is 5.56 Å². The Balaban J connectivity index is 1.93. The molecule has 126 valence electrons. The zero-order valence-electron chi connectivity index (χ0n) is 12.6. The molecule has 0 radical (unpaired) electrons. The summed E-state index contributed by atoms with van der Waals surface area (Å²) in [5.41, 5.74) is 8.09. The molecule has 1 atom stereocenters. The second kappa shape index (κ2) is 6.02. The highest BCUT2D eigenvalue weighted by Gasteiger charge is 2.34. The van der Waals surface area contributed by atoms with Crippen LogP contribution in [0.25, 0.3) is 0 Å². The molecule has 0 saturated carbocycles. The highest BCUT2D eigenvalue weighted by molar-refractivity contribution is 6.31. The van der Waals surface area contributed by atoms with Crippen LogP contribution in [0.3, 0.4) is 0 Å². The van der Waals surface area contributed by atoms with E-state index in [0.29, 0.717) is 24.0 Å². The Labute approximate surface area is 142 Å². The van der Waals surface area contributed by atoms with Crippen LogP contribution in [-0.4, -0.2) is 5.84 Å². The standard InChI is InChI=1S/C17H15ClF3N3/c18-15-8-13(17(19,20)21)6-12-5-11(7-14(12)15)9-2-1-3-10(4-9)16(22)24-23/h1-4,6,8,11H,5,7,23H2,(H2,22,24). The SMILES string of the molecule is N/N=C(\N)c1cccc(C2Cc3cc(C(F)(F)F)cc(Cl)c3C2)c1. The summed E-state index contributed by atoms with van der Waals surface area (Å²) < 4.78 is 38.8. The molecule has 0 heterocycles. The Morgan fingerprint density at radius 1 is 1.17 bits per heavy atom. The van der Waals surface area contributed by atoms with Crippen molar-refractivity contribution in [1.82, 2.24) is 0 Å². The third-order valence-corrected chi connectivity index (χ3v) is 4.66. The fraction of sp³-hybridized carbons (Fsp3) is 0.235. The van der Waals surface area contributed by atoms with E-state index in [4.69, 9.17) is 23.2 Å². The van der Waals surface area contributed by atoms with E-state index >= 15 is 0 Å². The summed E-state index contributed by atoms with van der Waals surface area (Å²) in [7, 11) is 0. The molecule has 0 saturated heterocycles. The summed E-state index contributed by atoms with van der Waals surface area (Å²) >= 11 is 6.08. The highest BCUT2D eigenvalue weighted by Crippen LogP contribution is 2.41. The van der Waals surface area contributed by atoms with E-state index in [2.05, 4.69) is 5.10 Å². The maximum absolute atomic E-state index is 12.9. The Bertz CT molecular complexity index is 815. The van der Waals surface area contributed by atoms with Crippen LogP contribution in [0.1, 0.15) is 33.7 Å². The molecule has 0 bridgehead atoms. The minimum Gasteiger partial charge on any atom is -0.382 e. The molecule has 0 aliphatic heterocycles. The molecule has 0 spiro atoms. The van der Waals surface area contributed by atoms with Crippen LogP contribution in [0.4, 0.5) is 13.2 Å². The van der Waals surface area contributed by atoms with Crippen molar-refractivity contribution in [3.63, 3.8) is 0 Å². The van der Waals surface area contributed by atoms with Crippen molar-refractivity contribution < 1.29 is 13.2 Å². The zero-order valence-corrected chi connectivity index (χ0v) is 13.3. The molecular formula is C17H15ClF3N3. The van der Waals surface area contributed by atoms with E-state index in [0.717, 1.165) is 17.2 Å².